The van der Waals surface area contributed by atoms with Crippen molar-refractivity contribution in [1.82, 2.24) is 0 Å². The first-order valence-electron chi connectivity index (χ1n) is 4.87. The van der Waals surface area contributed by atoms with Crippen molar-refractivity contribution in [2.45, 2.75) is 52.4 Å². The first-order chi connectivity index (χ1) is 5.63. The Morgan fingerprint density at radius 1 is 1.17 bits per heavy atom. The third kappa shape index (κ3) is 10.5. The normalized spacial score (nSPS) is 10.7. The topological polar surface area (TPSA) is 17.1 Å². The van der Waals surface area contributed by atoms with E-state index in [2.05, 4.69) is 13.8 Å². The van der Waals surface area contributed by atoms with E-state index in [4.69, 9.17) is 0 Å². The molecule has 2 heteroatoms. The Balaban J connectivity index is 2.96. The molecule has 0 aliphatic rings. The van der Waals surface area contributed by atoms with E-state index < -0.39 is 0 Å². The Kier molecular flexibility index (Phi) is 8.40. The standard InChI is InChI=1S/C10H19O.Sn/c1-10(2)8-6-4-3-5-7-9-11;/h10H,3-8H2,1-2H3;. The molecule has 3 radical (unpaired) electrons. The summed E-state index contributed by atoms with van der Waals surface area (Å²) in [5.41, 5.74) is 0. The zero-order chi connectivity index (χ0) is 9.40. The van der Waals surface area contributed by atoms with Gasteiger partial charge in [-0.25, -0.2) is 0 Å². The molecule has 0 unspecified atom stereocenters. The molecule has 0 saturated carbocycles. The Morgan fingerprint density at radius 2 is 1.75 bits per heavy atom. The fourth-order valence-electron chi connectivity index (χ4n) is 1.19. The van der Waals surface area contributed by atoms with Gasteiger partial charge in [0.15, 0.2) is 0 Å². The van der Waals surface area contributed by atoms with Crippen LogP contribution in [-0.4, -0.2) is 26.3 Å². The van der Waals surface area contributed by atoms with Gasteiger partial charge in [-0.05, 0) is 0 Å². The molecular weight excluding hydrogens is 255 g/mol. The van der Waals surface area contributed by atoms with Crippen LogP contribution in [-0.2, 0) is 4.79 Å². The Labute approximate surface area is 89.4 Å². The minimum absolute atomic E-state index is 0.422. The van der Waals surface area contributed by atoms with E-state index in [-0.39, 0.29) is 0 Å². The van der Waals surface area contributed by atoms with Crippen molar-refractivity contribution in [3.8, 4) is 0 Å². The van der Waals surface area contributed by atoms with Crippen molar-refractivity contribution < 1.29 is 4.79 Å². The molecule has 0 saturated heterocycles. The summed E-state index contributed by atoms with van der Waals surface area (Å²) in [6.07, 6.45) is 7.16. The molecular formula is C10H19OSn. The molecule has 0 bridgehead atoms. The molecule has 1 nitrogen and oxygen atoms in total. The third-order valence-corrected chi connectivity index (χ3v) is 2.65. The van der Waals surface area contributed by atoms with Gasteiger partial charge < -0.3 is 0 Å². The maximum absolute atomic E-state index is 10.6. The fourth-order valence-corrected chi connectivity index (χ4v) is 1.70. The molecule has 0 atom stereocenters. The predicted molar refractivity (Wildman–Crippen MR) is 53.3 cm³/mol. The van der Waals surface area contributed by atoms with Gasteiger partial charge in [0, 0.05) is 0 Å². The monoisotopic (exact) mass is 275 g/mol. The summed E-state index contributed by atoms with van der Waals surface area (Å²) in [6.45, 7) is 4.53. The maximum atomic E-state index is 10.6. The van der Waals surface area contributed by atoms with E-state index >= 15 is 0 Å². The van der Waals surface area contributed by atoms with E-state index in [1.165, 1.54) is 25.7 Å². The van der Waals surface area contributed by atoms with Crippen LogP contribution in [0, 0.1) is 5.92 Å². The SMILES string of the molecule is CC(C)CCCCCC[C](=O)[Sn]. The molecule has 0 aromatic rings. The molecule has 0 aromatic carbocycles. The average Bonchev–Trinajstić information content (AvgIpc) is 1.95. The second-order valence-electron chi connectivity index (χ2n) is 3.77. The van der Waals surface area contributed by atoms with E-state index in [0.29, 0.717) is 3.80 Å². The van der Waals surface area contributed by atoms with E-state index in [1.54, 1.807) is 0 Å². The van der Waals surface area contributed by atoms with Crippen LogP contribution in [0.15, 0.2) is 0 Å². The van der Waals surface area contributed by atoms with Crippen molar-refractivity contribution in [3.63, 3.8) is 0 Å². The quantitative estimate of drug-likeness (QED) is 0.515. The van der Waals surface area contributed by atoms with Gasteiger partial charge in [-0.3, -0.25) is 0 Å². The fraction of sp³-hybridized carbons (Fsp3) is 0.900. The molecule has 0 spiro atoms. The molecule has 0 fully saturated rings. The van der Waals surface area contributed by atoms with Crippen LogP contribution in [0.5, 0.6) is 0 Å². The van der Waals surface area contributed by atoms with Crippen LogP contribution < -0.4 is 0 Å². The van der Waals surface area contributed by atoms with Crippen molar-refractivity contribution >= 4 is 26.3 Å². The van der Waals surface area contributed by atoms with E-state index in [0.717, 1.165) is 41.3 Å². The number of rotatable bonds is 7. The van der Waals surface area contributed by atoms with Crippen LogP contribution in [0.3, 0.4) is 0 Å². The molecule has 12 heavy (non-hydrogen) atoms. The number of hydrogen-bond acceptors (Lipinski definition) is 1. The summed E-state index contributed by atoms with van der Waals surface area (Å²) in [6, 6.07) is 0. The Hall–Kier alpha value is 0.469. The zero-order valence-electron chi connectivity index (χ0n) is 8.23. The summed E-state index contributed by atoms with van der Waals surface area (Å²) in [4.78, 5) is 10.6. The van der Waals surface area contributed by atoms with E-state index in [1.807, 2.05) is 0 Å². The van der Waals surface area contributed by atoms with Crippen molar-refractivity contribution in [2.75, 3.05) is 0 Å². The van der Waals surface area contributed by atoms with Gasteiger partial charge in [0.25, 0.3) is 0 Å². The molecule has 0 N–H and O–H groups in total. The van der Waals surface area contributed by atoms with Crippen molar-refractivity contribution in [1.29, 1.82) is 0 Å². The molecule has 0 aromatic heterocycles. The van der Waals surface area contributed by atoms with Crippen LogP contribution in [0.2, 0.25) is 0 Å². The molecule has 0 amide bonds. The number of carbonyl (C=O) groups excluding carboxylic acids is 1. The average molecular weight is 274 g/mol. The molecule has 0 rings (SSSR count). The van der Waals surface area contributed by atoms with Crippen LogP contribution in [0.4, 0.5) is 0 Å². The van der Waals surface area contributed by atoms with Crippen LogP contribution in [0.25, 0.3) is 0 Å². The van der Waals surface area contributed by atoms with Gasteiger partial charge in [-0.2, -0.15) is 0 Å². The first kappa shape index (κ1) is 12.5. The Bertz CT molecular complexity index is 121. The second-order valence-corrected chi connectivity index (χ2v) is 5.36. The van der Waals surface area contributed by atoms with Crippen LogP contribution in [0.1, 0.15) is 52.4 Å². The predicted octanol–water partition coefficient (Wildman–Crippen LogP) is 2.68. The van der Waals surface area contributed by atoms with Crippen molar-refractivity contribution in [3.05, 3.63) is 0 Å². The molecule has 0 aliphatic carbocycles. The van der Waals surface area contributed by atoms with Gasteiger partial charge in [0.2, 0.25) is 0 Å². The van der Waals surface area contributed by atoms with Gasteiger partial charge >= 0.3 is 89.4 Å². The van der Waals surface area contributed by atoms with Gasteiger partial charge in [-0.1, -0.05) is 0 Å². The summed E-state index contributed by atoms with van der Waals surface area (Å²) >= 11 is 1.07. The summed E-state index contributed by atoms with van der Waals surface area (Å²) in [5, 5.41) is 0. The van der Waals surface area contributed by atoms with Gasteiger partial charge in [0.1, 0.15) is 0 Å². The van der Waals surface area contributed by atoms with Crippen LogP contribution >= 0.6 is 0 Å². The minimum atomic E-state index is 0.422. The number of hydrogen-bond donors (Lipinski definition) is 0. The second kappa shape index (κ2) is 8.08. The number of carbonyl (C=O) groups is 1. The molecule has 0 aliphatic heterocycles. The third-order valence-electron chi connectivity index (χ3n) is 1.94. The summed E-state index contributed by atoms with van der Waals surface area (Å²) in [5.74, 6) is 0.836. The number of unbranched alkanes of at least 4 members (excludes halogenated alkanes) is 3. The Morgan fingerprint density at radius 3 is 2.25 bits per heavy atom. The zero-order valence-corrected chi connectivity index (χ0v) is 11.1. The first-order valence-corrected chi connectivity index (χ1v) is 6.30. The summed E-state index contributed by atoms with van der Waals surface area (Å²) in [7, 11) is 0. The molecule has 69 valence electrons. The van der Waals surface area contributed by atoms with Crippen molar-refractivity contribution in [2.24, 2.45) is 5.92 Å². The van der Waals surface area contributed by atoms with Gasteiger partial charge in [0.05, 0.1) is 0 Å². The van der Waals surface area contributed by atoms with E-state index in [9.17, 15) is 4.79 Å². The summed E-state index contributed by atoms with van der Waals surface area (Å²) < 4.78 is 0.422. The van der Waals surface area contributed by atoms with Gasteiger partial charge in [-0.15, -0.1) is 0 Å². The molecule has 0 heterocycles.